The summed E-state index contributed by atoms with van der Waals surface area (Å²) in [7, 11) is 1.33. The van der Waals surface area contributed by atoms with E-state index in [-0.39, 0.29) is 5.91 Å². The average molecular weight is 513 g/mol. The molecule has 1 atom stereocenters. The van der Waals surface area contributed by atoms with Gasteiger partial charge in [0.05, 0.1) is 12.5 Å². The van der Waals surface area contributed by atoms with Crippen LogP contribution in [0.3, 0.4) is 0 Å². The first-order valence-corrected chi connectivity index (χ1v) is 11.5. The van der Waals surface area contributed by atoms with E-state index >= 15 is 0 Å². The van der Waals surface area contributed by atoms with Gasteiger partial charge in [-0.1, -0.05) is 76.6 Å². The van der Waals surface area contributed by atoms with Gasteiger partial charge in [-0.2, -0.15) is 0 Å². The molecule has 160 valence electrons. The quantitative estimate of drug-likeness (QED) is 0.493. The second-order valence-electron chi connectivity index (χ2n) is 7.65. The number of halogens is 3. The number of rotatable bonds is 6. The number of amides is 1. The van der Waals surface area contributed by atoms with Crippen molar-refractivity contribution in [3.8, 4) is 0 Å². The third-order valence-corrected chi connectivity index (χ3v) is 6.75. The Morgan fingerprint density at radius 1 is 1.13 bits per heavy atom. The number of methoxy groups -OCH3 is 1. The van der Waals surface area contributed by atoms with Crippen molar-refractivity contribution < 1.29 is 14.3 Å². The molecule has 0 spiro atoms. The first-order chi connectivity index (χ1) is 14.4. The van der Waals surface area contributed by atoms with Crippen molar-refractivity contribution in [3.05, 3.63) is 68.1 Å². The molecule has 2 aromatic rings. The van der Waals surface area contributed by atoms with Crippen LogP contribution < -0.4 is 5.32 Å². The highest BCUT2D eigenvalue weighted by atomic mass is 79.9. The summed E-state index contributed by atoms with van der Waals surface area (Å²) < 4.78 is 5.88. The molecule has 0 aromatic heterocycles. The zero-order valence-electron chi connectivity index (χ0n) is 16.7. The maximum absolute atomic E-state index is 13.6. The van der Waals surface area contributed by atoms with Gasteiger partial charge < -0.3 is 10.1 Å². The van der Waals surface area contributed by atoms with Gasteiger partial charge in [-0.3, -0.25) is 4.79 Å². The van der Waals surface area contributed by atoms with Crippen molar-refractivity contribution in [2.45, 2.75) is 50.0 Å². The average Bonchev–Trinajstić information content (AvgIpc) is 2.73. The zero-order chi connectivity index (χ0) is 21.7. The molecule has 0 radical (unpaired) electrons. The Kier molecular flexibility index (Phi) is 7.83. The van der Waals surface area contributed by atoms with Crippen LogP contribution >= 0.6 is 39.1 Å². The topological polar surface area (TPSA) is 55.4 Å². The van der Waals surface area contributed by atoms with Crippen LogP contribution in [-0.4, -0.2) is 25.0 Å². The van der Waals surface area contributed by atoms with Gasteiger partial charge in [-0.25, -0.2) is 4.79 Å². The molecule has 1 N–H and O–H groups in total. The number of carbonyl (C=O) groups excluding carboxylic acids is 2. The van der Waals surface area contributed by atoms with Crippen LogP contribution in [0.15, 0.2) is 46.9 Å². The molecular weight excluding hydrogens is 489 g/mol. The smallest absolute Gasteiger partial charge is 0.328 e. The van der Waals surface area contributed by atoms with Gasteiger partial charge in [-0.15, -0.1) is 0 Å². The number of benzene rings is 2. The van der Waals surface area contributed by atoms with Crippen molar-refractivity contribution in [3.63, 3.8) is 0 Å². The van der Waals surface area contributed by atoms with E-state index in [0.717, 1.165) is 34.9 Å². The number of hydrogen-bond acceptors (Lipinski definition) is 3. The van der Waals surface area contributed by atoms with Crippen LogP contribution in [0.2, 0.25) is 10.0 Å². The molecule has 1 amide bonds. The number of nitrogens with one attached hydrogen (secondary N) is 1. The van der Waals surface area contributed by atoms with Crippen molar-refractivity contribution in [1.82, 2.24) is 5.32 Å². The molecule has 0 heterocycles. The van der Waals surface area contributed by atoms with Gasteiger partial charge >= 0.3 is 5.97 Å². The van der Waals surface area contributed by atoms with E-state index in [2.05, 4.69) is 21.2 Å². The minimum Gasteiger partial charge on any atom is -0.467 e. The monoisotopic (exact) mass is 511 g/mol. The standard InChI is InChI=1S/C23H24BrCl2NO3/c1-30-21(28)20(13-15-6-5-7-16(24)12-15)27-22(29)23(10-3-2-4-11-23)18-9-8-17(25)14-19(18)26/h5-9,12,14,20H,2-4,10-11,13H2,1H3,(H,27,29). The summed E-state index contributed by atoms with van der Waals surface area (Å²) in [4.78, 5) is 26.1. The summed E-state index contributed by atoms with van der Waals surface area (Å²) in [5.74, 6) is -0.673. The fourth-order valence-electron chi connectivity index (χ4n) is 4.18. The van der Waals surface area contributed by atoms with Crippen LogP contribution in [0.5, 0.6) is 0 Å². The van der Waals surface area contributed by atoms with Gasteiger partial charge in [0.1, 0.15) is 6.04 Å². The molecule has 0 bridgehead atoms. The molecule has 3 rings (SSSR count). The second-order valence-corrected chi connectivity index (χ2v) is 9.41. The summed E-state index contributed by atoms with van der Waals surface area (Å²) in [6, 6.07) is 12.1. The molecule has 2 aromatic carbocycles. The van der Waals surface area contributed by atoms with E-state index in [0.29, 0.717) is 29.3 Å². The number of carbonyl (C=O) groups is 2. The van der Waals surface area contributed by atoms with Gasteiger partial charge in [-0.05, 0) is 48.2 Å². The molecule has 30 heavy (non-hydrogen) atoms. The first kappa shape index (κ1) is 23.1. The van der Waals surface area contributed by atoms with Crippen molar-refractivity contribution in [2.24, 2.45) is 0 Å². The van der Waals surface area contributed by atoms with E-state index in [4.69, 9.17) is 27.9 Å². The van der Waals surface area contributed by atoms with Crippen molar-refractivity contribution in [2.75, 3.05) is 7.11 Å². The van der Waals surface area contributed by atoms with Gasteiger partial charge in [0.15, 0.2) is 0 Å². The zero-order valence-corrected chi connectivity index (χ0v) is 19.8. The fraction of sp³-hybridized carbons (Fsp3) is 0.391. The number of hydrogen-bond donors (Lipinski definition) is 1. The van der Waals surface area contributed by atoms with Crippen LogP contribution in [0.25, 0.3) is 0 Å². The lowest BCUT2D eigenvalue weighted by Gasteiger charge is -2.38. The first-order valence-electron chi connectivity index (χ1n) is 9.94. The lowest BCUT2D eigenvalue weighted by Crippen LogP contribution is -2.52. The van der Waals surface area contributed by atoms with Gasteiger partial charge in [0, 0.05) is 20.9 Å². The molecule has 1 aliphatic carbocycles. The Balaban J connectivity index is 1.91. The van der Waals surface area contributed by atoms with Crippen LogP contribution in [-0.2, 0) is 26.2 Å². The van der Waals surface area contributed by atoms with Crippen molar-refractivity contribution in [1.29, 1.82) is 0 Å². The van der Waals surface area contributed by atoms with E-state index in [1.54, 1.807) is 12.1 Å². The Morgan fingerprint density at radius 3 is 2.50 bits per heavy atom. The predicted molar refractivity (Wildman–Crippen MR) is 123 cm³/mol. The molecule has 7 heteroatoms. The second kappa shape index (κ2) is 10.2. The molecular formula is C23H24BrCl2NO3. The highest BCUT2D eigenvalue weighted by Gasteiger charge is 2.43. The third kappa shape index (κ3) is 5.19. The number of esters is 1. The van der Waals surface area contributed by atoms with Crippen LogP contribution in [0.4, 0.5) is 0 Å². The van der Waals surface area contributed by atoms with Gasteiger partial charge in [0.2, 0.25) is 5.91 Å². The minimum atomic E-state index is -0.790. The number of ether oxygens (including phenoxy) is 1. The van der Waals surface area contributed by atoms with Gasteiger partial charge in [0.25, 0.3) is 0 Å². The summed E-state index contributed by atoms with van der Waals surface area (Å²) in [5.41, 5.74) is 0.892. The van der Waals surface area contributed by atoms with Crippen LogP contribution in [0, 0.1) is 0 Å². The predicted octanol–water partition coefficient (Wildman–Crippen LogP) is 5.86. The Morgan fingerprint density at radius 2 is 1.87 bits per heavy atom. The highest BCUT2D eigenvalue weighted by molar-refractivity contribution is 9.10. The highest BCUT2D eigenvalue weighted by Crippen LogP contribution is 2.43. The summed E-state index contributed by atoms with van der Waals surface area (Å²) in [6.07, 6.45) is 4.58. The molecule has 1 aliphatic rings. The van der Waals surface area contributed by atoms with Crippen LogP contribution in [0.1, 0.15) is 43.2 Å². The lowest BCUT2D eigenvalue weighted by molar-refractivity contribution is -0.146. The molecule has 1 unspecified atom stereocenters. The Bertz CT molecular complexity index is 928. The Hall–Kier alpha value is -1.56. The maximum Gasteiger partial charge on any atom is 0.328 e. The van der Waals surface area contributed by atoms with E-state index in [1.807, 2.05) is 30.3 Å². The van der Waals surface area contributed by atoms with E-state index in [1.165, 1.54) is 7.11 Å². The Labute approximate surface area is 195 Å². The third-order valence-electron chi connectivity index (χ3n) is 5.71. The van der Waals surface area contributed by atoms with Crippen molar-refractivity contribution >= 4 is 51.0 Å². The normalized spacial score (nSPS) is 16.5. The molecule has 4 nitrogen and oxygen atoms in total. The molecule has 0 saturated heterocycles. The maximum atomic E-state index is 13.6. The molecule has 0 aliphatic heterocycles. The lowest BCUT2D eigenvalue weighted by atomic mass is 9.68. The summed E-state index contributed by atoms with van der Waals surface area (Å²) in [5, 5.41) is 3.96. The molecule has 1 fully saturated rings. The molecule has 1 saturated carbocycles. The summed E-state index contributed by atoms with van der Waals surface area (Å²) in [6.45, 7) is 0. The largest absolute Gasteiger partial charge is 0.467 e. The van der Waals surface area contributed by atoms with E-state index in [9.17, 15) is 9.59 Å². The minimum absolute atomic E-state index is 0.197. The van der Waals surface area contributed by atoms with E-state index < -0.39 is 17.4 Å². The summed E-state index contributed by atoms with van der Waals surface area (Å²) >= 11 is 16.0. The fourth-order valence-corrected chi connectivity index (χ4v) is 5.22. The SMILES string of the molecule is COC(=O)C(Cc1cccc(Br)c1)NC(=O)C1(c2ccc(Cl)cc2Cl)CCCCC1.